The first-order valence-corrected chi connectivity index (χ1v) is 28.3. The van der Waals surface area contributed by atoms with Crippen LogP contribution in [0.2, 0.25) is 0 Å². The predicted octanol–water partition coefficient (Wildman–Crippen LogP) is 11.5. The van der Waals surface area contributed by atoms with Crippen molar-refractivity contribution in [1.82, 2.24) is 44.0 Å². The van der Waals surface area contributed by atoms with Gasteiger partial charge in [-0.15, -0.1) is 10.2 Å². The van der Waals surface area contributed by atoms with Gasteiger partial charge in [0.2, 0.25) is 11.8 Å². The average Bonchev–Trinajstić information content (AvgIpc) is 4.25. The van der Waals surface area contributed by atoms with Crippen LogP contribution in [0.15, 0.2) is 175 Å². The number of rotatable bonds is 10. The fourth-order valence-electron chi connectivity index (χ4n) is 9.48. The van der Waals surface area contributed by atoms with E-state index in [2.05, 4.69) is 31.2 Å². The fourth-order valence-corrected chi connectivity index (χ4v) is 9.83. The van der Waals surface area contributed by atoms with Gasteiger partial charge in [0.05, 0.1) is 36.7 Å². The summed E-state index contributed by atoms with van der Waals surface area (Å²) in [5, 5.41) is 12.4. The normalized spacial score (nSPS) is 13.5. The topological polar surface area (TPSA) is 153 Å². The highest BCUT2D eigenvalue weighted by Crippen LogP contribution is 2.23. The Labute approximate surface area is 489 Å². The van der Waals surface area contributed by atoms with E-state index in [4.69, 9.17) is 9.47 Å². The molecule has 0 aliphatic carbocycles. The molecule has 0 fully saturated rings. The molecule has 434 valence electrons. The summed E-state index contributed by atoms with van der Waals surface area (Å²) in [4.78, 5) is 54.4. The molecule has 3 aliphatic rings. The maximum absolute atomic E-state index is 13.3. The number of carbonyl (C=O) groups is 3. The van der Waals surface area contributed by atoms with Crippen LogP contribution in [0.3, 0.4) is 0 Å². The van der Waals surface area contributed by atoms with Crippen molar-refractivity contribution in [3.8, 4) is 11.8 Å². The second kappa shape index (κ2) is 28.7. The van der Waals surface area contributed by atoms with Gasteiger partial charge >= 0.3 is 0 Å². The third-order valence-electron chi connectivity index (χ3n) is 13.7. The van der Waals surface area contributed by atoms with Crippen LogP contribution in [-0.2, 0) is 57.8 Å². The maximum Gasteiger partial charge on any atom is 0.264 e. The standard InChI is InChI=1S/C21H19F2N3O2.C21H20FN3O2.C14H14FN3O2.C7H6BrF/c22-17-7-5-16(6-8-17)21(27)25-9-2-10-26-19(13-25)12-20(24-26)28-14-15-3-1-4-18(23)11-15;22-18-9-7-17(8-10-18)21(26)24-11-4-12-25-19(14-24)13-20(23-25)27-15-16-5-2-1-3-6-16;15-11-4-2-10(3-5-11)14(20)17-6-1-7-18-12(9-17)8-13(19)16-18;8-5-6-2-1-3-7(9)4-6/h1,3-8,11-12H,2,9-10,13-14H2;1-3,5-10,13H,4,11-12,14-15H2;2-5,8H,1,6-7,9H2,(H,16,19);1-4H,5H2. The molecule has 0 bridgehead atoms. The number of hydrogen-bond donors (Lipinski definition) is 1. The number of amides is 3. The average molecular weight is 1210 g/mol. The second-order valence-corrected chi connectivity index (χ2v) is 20.4. The third kappa shape index (κ3) is 16.5. The lowest BCUT2D eigenvalue weighted by atomic mass is 10.2. The SMILES string of the molecule is Fc1cccc(CBr)c1.O=C(c1ccc(F)cc1)N1CCCn2[nH]c(=O)cc2C1.O=C(c1ccc(F)cc1)N1CCCn2nc(OCc3cccc(F)c3)cc2C1.O=C(c1ccc(F)cc1)N1CCCn2nc(OCc3ccccc3)cc2C1. The van der Waals surface area contributed by atoms with Crippen molar-refractivity contribution in [1.29, 1.82) is 0 Å². The van der Waals surface area contributed by atoms with Gasteiger partial charge < -0.3 is 24.2 Å². The third-order valence-corrected chi connectivity index (χ3v) is 14.4. The summed E-state index contributed by atoms with van der Waals surface area (Å²) >= 11 is 3.22. The smallest absolute Gasteiger partial charge is 0.264 e. The Morgan fingerprint density at radius 2 is 0.845 bits per heavy atom. The van der Waals surface area contributed by atoms with Crippen LogP contribution in [0.5, 0.6) is 11.8 Å². The van der Waals surface area contributed by atoms with Crippen molar-refractivity contribution >= 4 is 33.7 Å². The van der Waals surface area contributed by atoms with Crippen molar-refractivity contribution < 1.29 is 45.8 Å². The van der Waals surface area contributed by atoms with E-state index in [0.717, 1.165) is 59.6 Å². The van der Waals surface area contributed by atoms with Gasteiger partial charge in [-0.1, -0.05) is 70.5 Å². The van der Waals surface area contributed by atoms with E-state index in [1.165, 1.54) is 103 Å². The number of benzene rings is 6. The molecular formula is C63H59BrF5N9O6. The first-order valence-electron chi connectivity index (χ1n) is 27.1. The predicted molar refractivity (Wildman–Crippen MR) is 307 cm³/mol. The van der Waals surface area contributed by atoms with Crippen molar-refractivity contribution in [2.75, 3.05) is 19.6 Å². The van der Waals surface area contributed by atoms with Gasteiger partial charge in [-0.05, 0) is 133 Å². The van der Waals surface area contributed by atoms with E-state index >= 15 is 0 Å². The van der Waals surface area contributed by atoms with Gasteiger partial charge in [0.15, 0.2) is 0 Å². The highest BCUT2D eigenvalue weighted by molar-refractivity contribution is 9.08. The maximum atomic E-state index is 13.3. The molecule has 0 atom stereocenters. The van der Waals surface area contributed by atoms with Crippen LogP contribution >= 0.6 is 15.9 Å². The van der Waals surface area contributed by atoms with E-state index in [1.54, 1.807) is 43.6 Å². The molecule has 3 amide bonds. The number of aromatic nitrogens is 6. The van der Waals surface area contributed by atoms with Crippen molar-refractivity contribution in [3.63, 3.8) is 0 Å². The van der Waals surface area contributed by atoms with Crippen molar-refractivity contribution in [2.24, 2.45) is 0 Å². The van der Waals surface area contributed by atoms with Gasteiger partial charge in [0.1, 0.15) is 42.3 Å². The summed E-state index contributed by atoms with van der Waals surface area (Å²) in [5.41, 5.74) is 6.60. The largest absolute Gasteiger partial charge is 0.472 e. The van der Waals surface area contributed by atoms with E-state index in [9.17, 15) is 41.1 Å². The molecule has 84 heavy (non-hydrogen) atoms. The lowest BCUT2D eigenvalue weighted by molar-refractivity contribution is 0.0738. The highest BCUT2D eigenvalue weighted by atomic mass is 79.9. The van der Waals surface area contributed by atoms with Gasteiger partial charge in [-0.2, -0.15) is 0 Å². The van der Waals surface area contributed by atoms with Crippen LogP contribution in [-0.4, -0.2) is 81.4 Å². The molecule has 3 aliphatic heterocycles. The van der Waals surface area contributed by atoms with E-state index in [1.807, 2.05) is 51.8 Å². The number of aromatic amines is 1. The molecule has 9 aromatic rings. The zero-order valence-corrected chi connectivity index (χ0v) is 47.2. The number of fused-ring (bicyclic) bond motifs is 3. The molecule has 0 spiro atoms. The summed E-state index contributed by atoms with van der Waals surface area (Å²) < 4.78 is 81.7. The van der Waals surface area contributed by atoms with Gasteiger partial charge in [0, 0.05) is 79.5 Å². The number of ether oxygens (including phenoxy) is 2. The highest BCUT2D eigenvalue weighted by Gasteiger charge is 2.25. The Bertz CT molecular complexity index is 3710. The number of aryl methyl sites for hydroxylation is 3. The first kappa shape index (κ1) is 59.5. The van der Waals surface area contributed by atoms with Gasteiger partial charge in [0.25, 0.3) is 23.3 Å². The molecule has 6 aromatic carbocycles. The van der Waals surface area contributed by atoms with Gasteiger partial charge in [-0.3, -0.25) is 38.3 Å². The Morgan fingerprint density at radius 3 is 1.29 bits per heavy atom. The molecule has 21 heteroatoms. The Hall–Kier alpha value is -9.11. The van der Waals surface area contributed by atoms with Crippen molar-refractivity contribution in [3.05, 3.63) is 260 Å². The molecule has 0 saturated heterocycles. The van der Waals surface area contributed by atoms with Crippen LogP contribution < -0.4 is 15.0 Å². The monoisotopic (exact) mass is 1210 g/mol. The molecule has 15 nitrogen and oxygen atoms in total. The number of H-pyrrole nitrogens is 1. The van der Waals surface area contributed by atoms with Gasteiger partial charge in [-0.25, -0.2) is 22.0 Å². The molecule has 0 unspecified atom stereocenters. The summed E-state index contributed by atoms with van der Waals surface area (Å²) in [6, 6.07) is 44.6. The summed E-state index contributed by atoms with van der Waals surface area (Å²) in [6.07, 6.45) is 2.33. The molecule has 3 aromatic heterocycles. The quantitative estimate of drug-likeness (QED) is 0.105. The Balaban J connectivity index is 0.000000142. The Morgan fingerprint density at radius 1 is 0.440 bits per heavy atom. The van der Waals surface area contributed by atoms with Crippen LogP contribution in [0.1, 0.15) is 84.1 Å². The fraction of sp³-hybridized carbons (Fsp3) is 0.238. The number of carbonyl (C=O) groups excluding carboxylic acids is 3. The molecule has 0 radical (unpaired) electrons. The van der Waals surface area contributed by atoms with Crippen LogP contribution in [0, 0.1) is 29.1 Å². The summed E-state index contributed by atoms with van der Waals surface area (Å²) in [7, 11) is 0. The molecule has 1 N–H and O–H groups in total. The van der Waals surface area contributed by atoms with Crippen LogP contribution in [0.25, 0.3) is 0 Å². The minimum Gasteiger partial charge on any atom is -0.472 e. The summed E-state index contributed by atoms with van der Waals surface area (Å²) in [5.74, 6) is -0.951. The zero-order chi connectivity index (χ0) is 59.0. The minimum atomic E-state index is -0.370. The number of nitrogens with one attached hydrogen (secondary N) is 1. The number of alkyl halides is 1. The lowest BCUT2D eigenvalue weighted by Crippen LogP contribution is -2.30. The van der Waals surface area contributed by atoms with E-state index in [0.29, 0.717) is 92.7 Å². The van der Waals surface area contributed by atoms with Crippen molar-refractivity contribution in [2.45, 2.75) is 77.1 Å². The van der Waals surface area contributed by atoms with E-state index < -0.39 is 0 Å². The molecule has 12 rings (SSSR count). The molecule has 6 heterocycles. The number of halogens is 6. The Kier molecular flexibility index (Phi) is 20.4. The first-order chi connectivity index (χ1) is 40.7. The molecule has 0 saturated carbocycles. The molecular weight excluding hydrogens is 1150 g/mol. The minimum absolute atomic E-state index is 0.101. The zero-order valence-electron chi connectivity index (χ0n) is 45.6. The van der Waals surface area contributed by atoms with E-state index in [-0.39, 0.29) is 59.0 Å². The number of nitrogens with zero attached hydrogens (tertiary/aromatic N) is 8. The second-order valence-electron chi connectivity index (χ2n) is 19.9. The lowest BCUT2D eigenvalue weighted by Gasteiger charge is -2.20. The van der Waals surface area contributed by atoms with Crippen LogP contribution in [0.4, 0.5) is 22.0 Å². The number of hydrogen-bond acceptors (Lipinski definition) is 8. The summed E-state index contributed by atoms with van der Waals surface area (Å²) in [6.45, 7) is 5.84.